The lowest BCUT2D eigenvalue weighted by atomic mass is 9.92. The number of ketones is 1. The molecule has 0 saturated carbocycles. The van der Waals surface area contributed by atoms with Gasteiger partial charge in [0.25, 0.3) is 0 Å². The first kappa shape index (κ1) is 8.69. The minimum absolute atomic E-state index is 0.116. The largest absolute Gasteiger partial charge is 0.478 e. The number of carboxylic acids is 1. The Balaban J connectivity index is 2.64. The molecule has 3 heteroatoms. The standard InChI is InChI=1S/C11H8O3/c12-10-6-2-3-7-8(10)4-1-5-9(7)11(13)14/h1-2,4-6H,3H2,(H,13,14). The lowest BCUT2D eigenvalue weighted by Gasteiger charge is -2.11. The Hall–Kier alpha value is -1.90. The minimum Gasteiger partial charge on any atom is -0.478 e. The molecule has 1 N–H and O–H groups in total. The molecule has 14 heavy (non-hydrogen) atoms. The quantitative estimate of drug-likeness (QED) is 0.729. The van der Waals surface area contributed by atoms with Crippen LogP contribution >= 0.6 is 0 Å². The molecule has 1 aromatic carbocycles. The Bertz CT molecular complexity index is 444. The third-order valence-electron chi connectivity index (χ3n) is 2.26. The Kier molecular flexibility index (Phi) is 1.93. The van der Waals surface area contributed by atoms with E-state index in [1.165, 1.54) is 12.1 Å². The molecule has 0 aromatic heterocycles. The zero-order valence-electron chi connectivity index (χ0n) is 7.36. The third kappa shape index (κ3) is 1.23. The van der Waals surface area contributed by atoms with Gasteiger partial charge >= 0.3 is 5.97 Å². The first-order chi connectivity index (χ1) is 6.70. The lowest BCUT2D eigenvalue weighted by Crippen LogP contribution is -2.11. The molecule has 1 aliphatic carbocycles. The van der Waals surface area contributed by atoms with Gasteiger partial charge in [-0.2, -0.15) is 0 Å². The zero-order valence-corrected chi connectivity index (χ0v) is 7.36. The Morgan fingerprint density at radius 1 is 1.36 bits per heavy atom. The summed E-state index contributed by atoms with van der Waals surface area (Å²) >= 11 is 0. The number of hydrogen-bond acceptors (Lipinski definition) is 2. The highest BCUT2D eigenvalue weighted by Crippen LogP contribution is 2.20. The zero-order chi connectivity index (χ0) is 10.1. The van der Waals surface area contributed by atoms with Crippen LogP contribution in [0.15, 0.2) is 30.4 Å². The maximum atomic E-state index is 11.4. The normalized spacial score (nSPS) is 13.9. The fourth-order valence-electron chi connectivity index (χ4n) is 1.61. The number of allylic oxidation sites excluding steroid dienone is 2. The van der Waals surface area contributed by atoms with Gasteiger partial charge in [0.05, 0.1) is 5.56 Å². The van der Waals surface area contributed by atoms with Crippen LogP contribution in [-0.2, 0) is 6.42 Å². The summed E-state index contributed by atoms with van der Waals surface area (Å²) in [6.07, 6.45) is 3.69. The van der Waals surface area contributed by atoms with E-state index >= 15 is 0 Å². The van der Waals surface area contributed by atoms with E-state index in [1.807, 2.05) is 0 Å². The summed E-state index contributed by atoms with van der Waals surface area (Å²) in [4.78, 5) is 22.2. The summed E-state index contributed by atoms with van der Waals surface area (Å²) < 4.78 is 0. The van der Waals surface area contributed by atoms with E-state index in [9.17, 15) is 9.59 Å². The number of carbonyl (C=O) groups excluding carboxylic acids is 1. The van der Waals surface area contributed by atoms with Gasteiger partial charge in [0.15, 0.2) is 5.78 Å². The second kappa shape index (κ2) is 3.10. The van der Waals surface area contributed by atoms with Crippen molar-refractivity contribution in [2.45, 2.75) is 6.42 Å². The predicted octanol–water partition coefficient (Wildman–Crippen LogP) is 1.68. The van der Waals surface area contributed by atoms with E-state index in [4.69, 9.17) is 5.11 Å². The number of rotatable bonds is 1. The van der Waals surface area contributed by atoms with Gasteiger partial charge < -0.3 is 5.11 Å². The summed E-state index contributed by atoms with van der Waals surface area (Å²) in [6, 6.07) is 4.78. The maximum absolute atomic E-state index is 11.4. The van der Waals surface area contributed by atoms with Crippen LogP contribution in [0.2, 0.25) is 0 Å². The average Bonchev–Trinajstić information content (AvgIpc) is 2.17. The van der Waals surface area contributed by atoms with Crippen molar-refractivity contribution in [1.29, 1.82) is 0 Å². The Morgan fingerprint density at radius 3 is 2.86 bits per heavy atom. The highest BCUT2D eigenvalue weighted by molar-refractivity contribution is 6.08. The molecular formula is C11H8O3. The lowest BCUT2D eigenvalue weighted by molar-refractivity contribution is 0.0696. The number of fused-ring (bicyclic) bond motifs is 1. The first-order valence-corrected chi connectivity index (χ1v) is 4.26. The number of benzene rings is 1. The SMILES string of the molecule is O=C(O)c1cccc2c1CC=CC2=O. The predicted molar refractivity (Wildman–Crippen MR) is 50.6 cm³/mol. The van der Waals surface area contributed by atoms with E-state index < -0.39 is 5.97 Å². The maximum Gasteiger partial charge on any atom is 0.335 e. The van der Waals surface area contributed by atoms with Crippen molar-refractivity contribution in [2.24, 2.45) is 0 Å². The van der Waals surface area contributed by atoms with Crippen LogP contribution in [0.1, 0.15) is 26.3 Å². The number of carbonyl (C=O) groups is 2. The van der Waals surface area contributed by atoms with Crippen molar-refractivity contribution < 1.29 is 14.7 Å². The fourth-order valence-corrected chi connectivity index (χ4v) is 1.61. The fraction of sp³-hybridized carbons (Fsp3) is 0.0909. The van der Waals surface area contributed by atoms with Crippen LogP contribution < -0.4 is 0 Å². The number of aromatic carboxylic acids is 1. The highest BCUT2D eigenvalue weighted by atomic mass is 16.4. The molecule has 0 heterocycles. The van der Waals surface area contributed by atoms with Crippen LogP contribution in [0.25, 0.3) is 0 Å². The van der Waals surface area contributed by atoms with Crippen LogP contribution in [-0.4, -0.2) is 16.9 Å². The Labute approximate surface area is 80.7 Å². The Morgan fingerprint density at radius 2 is 2.14 bits per heavy atom. The van der Waals surface area contributed by atoms with Gasteiger partial charge in [-0.15, -0.1) is 0 Å². The van der Waals surface area contributed by atoms with Gasteiger partial charge in [0.1, 0.15) is 0 Å². The molecule has 70 valence electrons. The first-order valence-electron chi connectivity index (χ1n) is 4.26. The molecule has 2 rings (SSSR count). The van der Waals surface area contributed by atoms with Gasteiger partial charge in [-0.25, -0.2) is 4.79 Å². The van der Waals surface area contributed by atoms with Gasteiger partial charge in [-0.1, -0.05) is 18.2 Å². The summed E-state index contributed by atoms with van der Waals surface area (Å²) in [5.41, 5.74) is 1.35. The molecule has 1 aromatic rings. The molecule has 0 amide bonds. The van der Waals surface area contributed by atoms with E-state index in [1.54, 1.807) is 18.2 Å². The molecule has 0 radical (unpaired) electrons. The minimum atomic E-state index is -0.982. The van der Waals surface area contributed by atoms with Crippen molar-refractivity contribution in [3.05, 3.63) is 47.0 Å². The molecule has 1 aliphatic rings. The summed E-state index contributed by atoms with van der Waals surface area (Å²) in [6.45, 7) is 0. The van der Waals surface area contributed by atoms with Crippen molar-refractivity contribution in [3.63, 3.8) is 0 Å². The molecule has 0 atom stereocenters. The molecule has 0 fully saturated rings. The van der Waals surface area contributed by atoms with E-state index in [2.05, 4.69) is 0 Å². The van der Waals surface area contributed by atoms with Crippen LogP contribution in [0.3, 0.4) is 0 Å². The summed E-state index contributed by atoms with van der Waals surface area (Å²) in [7, 11) is 0. The second-order valence-electron chi connectivity index (χ2n) is 3.11. The second-order valence-corrected chi connectivity index (χ2v) is 3.11. The monoisotopic (exact) mass is 188 g/mol. The van der Waals surface area contributed by atoms with E-state index in [-0.39, 0.29) is 11.3 Å². The number of carboxylic acid groups (broad SMARTS) is 1. The van der Waals surface area contributed by atoms with E-state index in [0.29, 0.717) is 17.5 Å². The van der Waals surface area contributed by atoms with Crippen LogP contribution in [0.5, 0.6) is 0 Å². The van der Waals surface area contributed by atoms with Gasteiger partial charge in [0, 0.05) is 5.56 Å². The van der Waals surface area contributed by atoms with Crippen molar-refractivity contribution in [3.8, 4) is 0 Å². The van der Waals surface area contributed by atoms with Crippen LogP contribution in [0, 0.1) is 0 Å². The topological polar surface area (TPSA) is 54.4 Å². The molecule has 0 saturated heterocycles. The highest BCUT2D eigenvalue weighted by Gasteiger charge is 2.18. The van der Waals surface area contributed by atoms with Gasteiger partial charge in [0.2, 0.25) is 0 Å². The summed E-state index contributed by atoms with van der Waals surface area (Å²) in [5, 5.41) is 8.89. The number of hydrogen-bond donors (Lipinski definition) is 1. The molecule has 0 unspecified atom stereocenters. The molecule has 3 nitrogen and oxygen atoms in total. The molecule has 0 spiro atoms. The molecular weight excluding hydrogens is 180 g/mol. The van der Waals surface area contributed by atoms with Crippen LogP contribution in [0.4, 0.5) is 0 Å². The smallest absolute Gasteiger partial charge is 0.335 e. The molecule has 0 aliphatic heterocycles. The average molecular weight is 188 g/mol. The van der Waals surface area contributed by atoms with E-state index in [0.717, 1.165) is 0 Å². The van der Waals surface area contributed by atoms with Gasteiger partial charge in [-0.05, 0) is 24.1 Å². The van der Waals surface area contributed by atoms with Crippen molar-refractivity contribution >= 4 is 11.8 Å². The summed E-state index contributed by atoms with van der Waals surface area (Å²) in [5.74, 6) is -1.10. The third-order valence-corrected chi connectivity index (χ3v) is 2.26. The molecule has 0 bridgehead atoms. The van der Waals surface area contributed by atoms with Crippen molar-refractivity contribution in [2.75, 3.05) is 0 Å². The van der Waals surface area contributed by atoms with Gasteiger partial charge in [-0.3, -0.25) is 4.79 Å². The van der Waals surface area contributed by atoms with Crippen molar-refractivity contribution in [1.82, 2.24) is 0 Å².